The maximum Gasteiger partial charge on any atom is 0.275 e. The number of hydrogen-bond donors (Lipinski definition) is 2. The summed E-state index contributed by atoms with van der Waals surface area (Å²) in [5.74, 6) is -0.00338. The van der Waals surface area contributed by atoms with Crippen molar-refractivity contribution in [2.45, 2.75) is 43.9 Å². The summed E-state index contributed by atoms with van der Waals surface area (Å²) >= 11 is 0. The smallest absolute Gasteiger partial charge is 0.275 e. The lowest BCUT2D eigenvalue weighted by Crippen LogP contribution is -2.51. The maximum absolute atomic E-state index is 12.4. The largest absolute Gasteiger partial charge is 0.448 e. The number of amides is 1. The summed E-state index contributed by atoms with van der Waals surface area (Å²) in [5.41, 5.74) is 0.262. The van der Waals surface area contributed by atoms with Crippen LogP contribution in [0.15, 0.2) is 15.6 Å². The number of hydrogen-bond acceptors (Lipinski definition) is 5. The summed E-state index contributed by atoms with van der Waals surface area (Å²) in [6.07, 6.45) is 1.90. The molecule has 2 rings (SSSR count). The Balaban J connectivity index is 2.19. The van der Waals surface area contributed by atoms with Crippen LogP contribution in [-0.4, -0.2) is 51.4 Å². The Morgan fingerprint density at radius 3 is 2.73 bits per heavy atom. The molecule has 1 fully saturated rings. The highest BCUT2D eigenvalue weighted by atomic mass is 32.2. The highest BCUT2D eigenvalue weighted by Gasteiger charge is 2.28. The van der Waals surface area contributed by atoms with Gasteiger partial charge in [-0.2, -0.15) is 0 Å². The molecule has 1 aliphatic heterocycles. The van der Waals surface area contributed by atoms with Crippen molar-refractivity contribution in [2.24, 2.45) is 0 Å². The quantitative estimate of drug-likeness (QED) is 0.849. The SMILES string of the molecule is Cc1oc(S(=O)(=O)N(C)C)cc1C(=O)NC1CCCNC1C. The molecule has 7 nitrogen and oxygen atoms in total. The van der Waals surface area contributed by atoms with Crippen molar-refractivity contribution in [3.63, 3.8) is 0 Å². The highest BCUT2D eigenvalue weighted by molar-refractivity contribution is 7.88. The van der Waals surface area contributed by atoms with E-state index in [9.17, 15) is 13.2 Å². The van der Waals surface area contributed by atoms with Gasteiger partial charge in [0.1, 0.15) is 5.76 Å². The standard InChI is InChI=1S/C14H23N3O4S/c1-9-12(6-5-7-15-9)16-14(18)11-8-13(21-10(11)2)22(19,20)17(3)4/h8-9,12,15H,5-7H2,1-4H3,(H,16,18). The monoisotopic (exact) mass is 329 g/mol. The van der Waals surface area contributed by atoms with Gasteiger partial charge in [-0.15, -0.1) is 0 Å². The molecular weight excluding hydrogens is 306 g/mol. The lowest BCUT2D eigenvalue weighted by Gasteiger charge is -2.30. The average molecular weight is 329 g/mol. The van der Waals surface area contributed by atoms with Crippen molar-refractivity contribution < 1.29 is 17.6 Å². The van der Waals surface area contributed by atoms with E-state index in [0.29, 0.717) is 5.76 Å². The molecule has 2 unspecified atom stereocenters. The van der Waals surface area contributed by atoms with E-state index in [-0.39, 0.29) is 28.6 Å². The number of furan rings is 1. The van der Waals surface area contributed by atoms with Crippen LogP contribution in [0.1, 0.15) is 35.9 Å². The fourth-order valence-corrected chi connectivity index (χ4v) is 3.33. The van der Waals surface area contributed by atoms with Crippen molar-refractivity contribution in [3.8, 4) is 0 Å². The number of aryl methyl sites for hydroxylation is 1. The molecule has 0 spiro atoms. The van der Waals surface area contributed by atoms with E-state index < -0.39 is 10.0 Å². The van der Waals surface area contributed by atoms with Gasteiger partial charge in [0.15, 0.2) is 0 Å². The predicted molar refractivity (Wildman–Crippen MR) is 82.3 cm³/mol. The van der Waals surface area contributed by atoms with Crippen LogP contribution in [0, 0.1) is 6.92 Å². The van der Waals surface area contributed by atoms with Crippen LogP contribution in [0.5, 0.6) is 0 Å². The molecule has 1 aromatic rings. The zero-order chi connectivity index (χ0) is 16.5. The summed E-state index contributed by atoms with van der Waals surface area (Å²) in [6.45, 7) is 4.56. The van der Waals surface area contributed by atoms with Gasteiger partial charge in [0.05, 0.1) is 5.56 Å². The van der Waals surface area contributed by atoms with Crippen molar-refractivity contribution >= 4 is 15.9 Å². The second kappa shape index (κ2) is 6.39. The normalized spacial score (nSPS) is 22.8. The minimum Gasteiger partial charge on any atom is -0.448 e. The van der Waals surface area contributed by atoms with Gasteiger partial charge in [-0.25, -0.2) is 12.7 Å². The number of nitrogens with zero attached hydrogens (tertiary/aromatic N) is 1. The lowest BCUT2D eigenvalue weighted by molar-refractivity contribution is 0.0918. The summed E-state index contributed by atoms with van der Waals surface area (Å²) in [5, 5.41) is 6.04. The first kappa shape index (κ1) is 17.0. The molecule has 2 atom stereocenters. The first-order chi connectivity index (χ1) is 10.2. The third-order valence-electron chi connectivity index (χ3n) is 3.95. The molecule has 0 bridgehead atoms. The van der Waals surface area contributed by atoms with Crippen LogP contribution in [0.4, 0.5) is 0 Å². The van der Waals surface area contributed by atoms with Gasteiger partial charge >= 0.3 is 0 Å². The Kier molecular flexibility index (Phi) is 4.93. The average Bonchev–Trinajstić information content (AvgIpc) is 2.84. The van der Waals surface area contributed by atoms with E-state index in [1.54, 1.807) is 6.92 Å². The lowest BCUT2D eigenvalue weighted by atomic mass is 9.99. The molecule has 8 heteroatoms. The molecule has 1 aliphatic rings. The first-order valence-corrected chi connectivity index (χ1v) is 8.74. The van der Waals surface area contributed by atoms with Gasteiger partial charge in [-0.1, -0.05) is 0 Å². The van der Waals surface area contributed by atoms with E-state index in [0.717, 1.165) is 23.7 Å². The molecule has 0 aliphatic carbocycles. The fraction of sp³-hybridized carbons (Fsp3) is 0.643. The van der Waals surface area contributed by atoms with Crippen LogP contribution in [0.2, 0.25) is 0 Å². The summed E-state index contributed by atoms with van der Waals surface area (Å²) in [6, 6.07) is 1.51. The molecule has 0 radical (unpaired) electrons. The van der Waals surface area contributed by atoms with Crippen LogP contribution in [-0.2, 0) is 10.0 Å². The zero-order valence-corrected chi connectivity index (χ0v) is 14.2. The summed E-state index contributed by atoms with van der Waals surface area (Å²) < 4.78 is 30.4. The number of rotatable bonds is 4. The van der Waals surface area contributed by atoms with Gasteiger partial charge in [0.2, 0.25) is 5.09 Å². The summed E-state index contributed by atoms with van der Waals surface area (Å²) in [4.78, 5) is 12.4. The van der Waals surface area contributed by atoms with Crippen LogP contribution < -0.4 is 10.6 Å². The zero-order valence-electron chi connectivity index (χ0n) is 13.3. The first-order valence-electron chi connectivity index (χ1n) is 7.30. The Morgan fingerprint density at radius 1 is 1.45 bits per heavy atom. The topological polar surface area (TPSA) is 91.7 Å². The van der Waals surface area contributed by atoms with Crippen LogP contribution in [0.25, 0.3) is 0 Å². The van der Waals surface area contributed by atoms with E-state index in [1.165, 1.54) is 20.2 Å². The van der Waals surface area contributed by atoms with Crippen molar-refractivity contribution in [3.05, 3.63) is 17.4 Å². The van der Waals surface area contributed by atoms with Gasteiger partial charge in [-0.05, 0) is 33.2 Å². The highest BCUT2D eigenvalue weighted by Crippen LogP contribution is 2.21. The Hall–Kier alpha value is -1.38. The molecular formula is C14H23N3O4S. The van der Waals surface area contributed by atoms with Crippen LogP contribution >= 0.6 is 0 Å². The summed E-state index contributed by atoms with van der Waals surface area (Å²) in [7, 11) is -0.844. The second-order valence-corrected chi connectivity index (χ2v) is 7.87. The maximum atomic E-state index is 12.4. The van der Waals surface area contributed by atoms with Crippen molar-refractivity contribution in [1.82, 2.24) is 14.9 Å². The van der Waals surface area contributed by atoms with E-state index >= 15 is 0 Å². The van der Waals surface area contributed by atoms with Gasteiger partial charge in [0, 0.05) is 32.2 Å². The fourth-order valence-electron chi connectivity index (χ4n) is 2.47. The number of nitrogens with one attached hydrogen (secondary N) is 2. The Labute approximate surface area is 131 Å². The predicted octanol–water partition coefficient (Wildman–Crippen LogP) is 0.709. The van der Waals surface area contributed by atoms with Crippen LogP contribution in [0.3, 0.4) is 0 Å². The minimum atomic E-state index is -3.68. The molecule has 1 saturated heterocycles. The minimum absolute atomic E-state index is 0.0319. The van der Waals surface area contributed by atoms with E-state index in [4.69, 9.17) is 4.42 Å². The molecule has 1 aromatic heterocycles. The van der Waals surface area contributed by atoms with E-state index in [2.05, 4.69) is 10.6 Å². The third kappa shape index (κ3) is 3.34. The van der Waals surface area contributed by atoms with Crippen molar-refractivity contribution in [1.29, 1.82) is 0 Å². The molecule has 0 saturated carbocycles. The molecule has 124 valence electrons. The molecule has 2 N–H and O–H groups in total. The molecule has 0 aromatic carbocycles. The van der Waals surface area contributed by atoms with E-state index in [1.807, 2.05) is 6.92 Å². The van der Waals surface area contributed by atoms with Gasteiger partial charge in [-0.3, -0.25) is 4.79 Å². The molecule has 22 heavy (non-hydrogen) atoms. The second-order valence-electron chi connectivity index (χ2n) is 5.79. The third-order valence-corrected chi connectivity index (χ3v) is 5.62. The number of piperidine rings is 1. The number of carbonyl (C=O) groups is 1. The van der Waals surface area contributed by atoms with Gasteiger partial charge in [0.25, 0.3) is 15.9 Å². The Morgan fingerprint density at radius 2 is 2.14 bits per heavy atom. The molecule has 1 amide bonds. The van der Waals surface area contributed by atoms with Gasteiger partial charge < -0.3 is 15.1 Å². The van der Waals surface area contributed by atoms with Crippen molar-refractivity contribution in [2.75, 3.05) is 20.6 Å². The Bertz CT molecular complexity index is 651. The number of sulfonamides is 1. The number of carbonyl (C=O) groups excluding carboxylic acids is 1. The molecule has 2 heterocycles.